The Bertz CT molecular complexity index is 776. The number of aromatic nitrogens is 1. The van der Waals surface area contributed by atoms with Crippen molar-refractivity contribution in [1.29, 1.82) is 0 Å². The highest BCUT2D eigenvalue weighted by atomic mass is 19.4. The molecule has 0 aliphatic carbocycles. The molecule has 0 radical (unpaired) electrons. The van der Waals surface area contributed by atoms with Crippen LogP contribution in [0.5, 0.6) is 0 Å². The monoisotopic (exact) mass is 339 g/mol. The maximum atomic E-state index is 12.6. The number of esters is 1. The second kappa shape index (κ2) is 6.69. The van der Waals surface area contributed by atoms with E-state index in [0.29, 0.717) is 6.29 Å². The van der Waals surface area contributed by atoms with Gasteiger partial charge in [0, 0.05) is 17.4 Å². The Kier molecular flexibility index (Phi) is 4.87. The van der Waals surface area contributed by atoms with Gasteiger partial charge >= 0.3 is 12.1 Å². The number of hydrogen-bond acceptors (Lipinski definition) is 4. The van der Waals surface area contributed by atoms with E-state index in [2.05, 4.69) is 4.74 Å². The zero-order valence-electron chi connectivity index (χ0n) is 12.5. The van der Waals surface area contributed by atoms with Crippen molar-refractivity contribution in [3.05, 3.63) is 53.3 Å². The van der Waals surface area contributed by atoms with Gasteiger partial charge in [0.1, 0.15) is 0 Å². The van der Waals surface area contributed by atoms with E-state index in [1.807, 2.05) is 0 Å². The van der Waals surface area contributed by atoms with Crippen LogP contribution in [0.3, 0.4) is 0 Å². The summed E-state index contributed by atoms with van der Waals surface area (Å²) in [4.78, 5) is 34.5. The maximum Gasteiger partial charge on any atom is 0.416 e. The van der Waals surface area contributed by atoms with Crippen molar-refractivity contribution in [3.63, 3.8) is 0 Å². The van der Waals surface area contributed by atoms with Gasteiger partial charge in [0.05, 0.1) is 17.9 Å². The van der Waals surface area contributed by atoms with Crippen LogP contribution in [0, 0.1) is 0 Å². The fraction of sp³-hybridized carbons (Fsp3) is 0.188. The molecule has 126 valence electrons. The number of benzene rings is 1. The minimum Gasteiger partial charge on any atom is -0.460 e. The van der Waals surface area contributed by atoms with Crippen LogP contribution >= 0.6 is 0 Å². The Morgan fingerprint density at radius 3 is 2.33 bits per heavy atom. The van der Waals surface area contributed by atoms with E-state index in [4.69, 9.17) is 0 Å². The minimum absolute atomic E-state index is 0.0161. The maximum absolute atomic E-state index is 12.6. The second-order valence-corrected chi connectivity index (χ2v) is 4.74. The first kappa shape index (κ1) is 17.5. The molecule has 2 rings (SSSR count). The van der Waals surface area contributed by atoms with Gasteiger partial charge in [0.25, 0.3) is 5.78 Å². The molecular formula is C16H12F3NO4. The quantitative estimate of drug-likeness (QED) is 0.363. The number of ketones is 1. The van der Waals surface area contributed by atoms with Crippen LogP contribution in [0.25, 0.3) is 5.69 Å². The normalized spacial score (nSPS) is 11.2. The average Bonchev–Trinajstić information content (AvgIpc) is 2.98. The third kappa shape index (κ3) is 3.53. The summed E-state index contributed by atoms with van der Waals surface area (Å²) >= 11 is 0. The lowest BCUT2D eigenvalue weighted by Crippen LogP contribution is -2.16. The van der Waals surface area contributed by atoms with E-state index in [1.54, 1.807) is 0 Å². The molecule has 0 saturated heterocycles. The van der Waals surface area contributed by atoms with Gasteiger partial charge in [-0.1, -0.05) is 0 Å². The summed E-state index contributed by atoms with van der Waals surface area (Å²) in [7, 11) is 0. The zero-order chi connectivity index (χ0) is 17.9. The van der Waals surface area contributed by atoms with Crippen LogP contribution in [-0.2, 0) is 15.7 Å². The minimum atomic E-state index is -4.48. The molecule has 2 aromatic rings. The average molecular weight is 339 g/mol. The largest absolute Gasteiger partial charge is 0.460 e. The Morgan fingerprint density at radius 1 is 1.21 bits per heavy atom. The highest BCUT2D eigenvalue weighted by Gasteiger charge is 2.30. The van der Waals surface area contributed by atoms with E-state index in [9.17, 15) is 27.6 Å². The lowest BCUT2D eigenvalue weighted by atomic mass is 10.2. The number of aldehydes is 1. The summed E-state index contributed by atoms with van der Waals surface area (Å²) in [5, 5.41) is 0. The molecule has 8 heteroatoms. The molecule has 0 bridgehead atoms. The van der Waals surface area contributed by atoms with E-state index in [-0.39, 0.29) is 23.6 Å². The number of Topliss-reactive ketones (excluding diaryl/α,β-unsaturated/α-hetero) is 1. The van der Waals surface area contributed by atoms with Crippen molar-refractivity contribution in [2.75, 3.05) is 6.61 Å². The first-order valence-corrected chi connectivity index (χ1v) is 6.84. The molecule has 0 aliphatic rings. The van der Waals surface area contributed by atoms with Crippen LogP contribution in [0.15, 0.2) is 36.5 Å². The molecule has 0 spiro atoms. The van der Waals surface area contributed by atoms with Crippen molar-refractivity contribution in [2.45, 2.75) is 13.1 Å². The summed E-state index contributed by atoms with van der Waals surface area (Å²) in [5.41, 5.74) is -0.667. The molecule has 0 N–H and O–H groups in total. The molecule has 0 saturated carbocycles. The number of alkyl halides is 3. The van der Waals surface area contributed by atoms with Crippen LogP contribution in [0.2, 0.25) is 0 Å². The molecule has 0 fully saturated rings. The fourth-order valence-corrected chi connectivity index (χ4v) is 2.04. The zero-order valence-corrected chi connectivity index (χ0v) is 12.5. The van der Waals surface area contributed by atoms with Gasteiger partial charge in [0.15, 0.2) is 6.29 Å². The Hall–Kier alpha value is -2.90. The molecule has 0 aliphatic heterocycles. The molecular weight excluding hydrogens is 327 g/mol. The van der Waals surface area contributed by atoms with E-state index in [1.165, 1.54) is 23.8 Å². The van der Waals surface area contributed by atoms with E-state index >= 15 is 0 Å². The van der Waals surface area contributed by atoms with Crippen molar-refractivity contribution < 1.29 is 32.3 Å². The summed E-state index contributed by atoms with van der Waals surface area (Å²) in [6, 6.07) is 5.21. The molecule has 1 aromatic carbocycles. The van der Waals surface area contributed by atoms with Gasteiger partial charge < -0.3 is 9.30 Å². The molecule has 5 nitrogen and oxygen atoms in total. The summed E-state index contributed by atoms with van der Waals surface area (Å²) in [6.07, 6.45) is -2.85. The van der Waals surface area contributed by atoms with Gasteiger partial charge in [-0.25, -0.2) is 4.79 Å². The predicted molar refractivity (Wildman–Crippen MR) is 77.1 cm³/mol. The van der Waals surface area contributed by atoms with E-state index < -0.39 is 23.5 Å². The second-order valence-electron chi connectivity index (χ2n) is 4.74. The number of rotatable bonds is 5. The summed E-state index contributed by atoms with van der Waals surface area (Å²) in [5.74, 6) is -2.01. The topological polar surface area (TPSA) is 65.4 Å². The standard InChI is InChI=1S/C16H12F3NO4/c1-2-24-15(23)14(22)10-7-13(9-21)20(8-10)12-5-3-11(4-6-12)16(17,18)19/h3-9H,2H2,1H3. The number of carbonyl (C=O) groups is 3. The molecule has 1 heterocycles. The Morgan fingerprint density at radius 2 is 1.83 bits per heavy atom. The highest BCUT2D eigenvalue weighted by Crippen LogP contribution is 2.30. The van der Waals surface area contributed by atoms with Gasteiger partial charge in [-0.15, -0.1) is 0 Å². The van der Waals surface area contributed by atoms with Crippen LogP contribution in [-0.4, -0.2) is 29.2 Å². The van der Waals surface area contributed by atoms with Crippen molar-refractivity contribution in [1.82, 2.24) is 4.57 Å². The van der Waals surface area contributed by atoms with Crippen molar-refractivity contribution >= 4 is 18.0 Å². The highest BCUT2D eigenvalue weighted by molar-refractivity contribution is 6.40. The van der Waals surface area contributed by atoms with Crippen LogP contribution in [0.4, 0.5) is 13.2 Å². The first-order valence-electron chi connectivity index (χ1n) is 6.84. The third-order valence-electron chi connectivity index (χ3n) is 3.17. The molecule has 0 unspecified atom stereocenters. The van der Waals surface area contributed by atoms with E-state index in [0.717, 1.165) is 24.3 Å². The van der Waals surface area contributed by atoms with Gasteiger partial charge in [0.2, 0.25) is 0 Å². The fourth-order valence-electron chi connectivity index (χ4n) is 2.04. The van der Waals surface area contributed by atoms with Crippen molar-refractivity contribution in [2.24, 2.45) is 0 Å². The summed E-state index contributed by atoms with van der Waals surface area (Å²) in [6.45, 7) is 1.56. The molecule has 24 heavy (non-hydrogen) atoms. The molecule has 0 atom stereocenters. The number of carbonyl (C=O) groups excluding carboxylic acids is 3. The van der Waals surface area contributed by atoms with Crippen LogP contribution in [0.1, 0.15) is 33.3 Å². The number of ether oxygens (including phenoxy) is 1. The first-order chi connectivity index (χ1) is 11.3. The SMILES string of the molecule is CCOC(=O)C(=O)c1cc(C=O)n(-c2ccc(C(F)(F)F)cc2)c1. The predicted octanol–water partition coefficient (Wildman–Crippen LogP) is 3.05. The molecule has 1 aromatic heterocycles. The van der Waals surface area contributed by atoms with Gasteiger partial charge in [-0.2, -0.15) is 13.2 Å². The summed E-state index contributed by atoms with van der Waals surface area (Å²) < 4.78 is 43.6. The van der Waals surface area contributed by atoms with Gasteiger partial charge in [-0.05, 0) is 37.3 Å². The van der Waals surface area contributed by atoms with Crippen molar-refractivity contribution in [3.8, 4) is 5.69 Å². The number of halogens is 3. The number of hydrogen-bond donors (Lipinski definition) is 0. The third-order valence-corrected chi connectivity index (χ3v) is 3.17. The Balaban J connectivity index is 2.39. The molecule has 0 amide bonds. The lowest BCUT2D eigenvalue weighted by Gasteiger charge is -2.09. The van der Waals surface area contributed by atoms with Gasteiger partial charge in [-0.3, -0.25) is 9.59 Å². The lowest BCUT2D eigenvalue weighted by molar-refractivity contribution is -0.138. The van der Waals surface area contributed by atoms with Crippen LogP contribution < -0.4 is 0 Å². The Labute approximate surface area is 134 Å². The number of nitrogens with zero attached hydrogens (tertiary/aromatic N) is 1. The smallest absolute Gasteiger partial charge is 0.416 e.